The number of carboxylic acids is 1. The number of nitrogens with one attached hydrogen (secondary N) is 2. The quantitative estimate of drug-likeness (QED) is 0.723. The fraction of sp³-hybridized carbons (Fsp3) is 0.467. The SMILES string of the molecule is CCC(CC)CNC(=O)N[C@@H](C(=O)O)c1ccccc1Cl. The molecule has 1 aromatic carbocycles. The summed E-state index contributed by atoms with van der Waals surface area (Å²) in [6.07, 6.45) is 1.92. The molecule has 0 heterocycles. The Morgan fingerprint density at radius 2 is 1.86 bits per heavy atom. The molecular formula is C15H21ClN2O3. The van der Waals surface area contributed by atoms with Crippen molar-refractivity contribution < 1.29 is 14.7 Å². The van der Waals surface area contributed by atoms with E-state index >= 15 is 0 Å². The molecule has 0 saturated carbocycles. The van der Waals surface area contributed by atoms with Crippen molar-refractivity contribution in [3.63, 3.8) is 0 Å². The van der Waals surface area contributed by atoms with Gasteiger partial charge in [-0.25, -0.2) is 9.59 Å². The molecule has 0 radical (unpaired) electrons. The van der Waals surface area contributed by atoms with Gasteiger partial charge in [-0.05, 0) is 12.0 Å². The van der Waals surface area contributed by atoms with Crippen LogP contribution in [0.3, 0.4) is 0 Å². The van der Waals surface area contributed by atoms with Crippen LogP contribution in [-0.4, -0.2) is 23.7 Å². The van der Waals surface area contributed by atoms with E-state index in [2.05, 4.69) is 24.5 Å². The second-order valence-corrected chi connectivity index (χ2v) is 5.24. The van der Waals surface area contributed by atoms with Crippen LogP contribution in [0, 0.1) is 5.92 Å². The first-order valence-electron chi connectivity index (χ1n) is 7.01. The van der Waals surface area contributed by atoms with Crippen molar-refractivity contribution in [1.29, 1.82) is 0 Å². The van der Waals surface area contributed by atoms with E-state index in [0.717, 1.165) is 12.8 Å². The summed E-state index contributed by atoms with van der Waals surface area (Å²) >= 11 is 5.98. The second-order valence-electron chi connectivity index (χ2n) is 4.83. The lowest BCUT2D eigenvalue weighted by molar-refractivity contribution is -0.139. The van der Waals surface area contributed by atoms with Crippen LogP contribution in [-0.2, 0) is 4.79 Å². The summed E-state index contributed by atoms with van der Waals surface area (Å²) in [5.41, 5.74) is 0.365. The van der Waals surface area contributed by atoms with Gasteiger partial charge in [0.25, 0.3) is 0 Å². The van der Waals surface area contributed by atoms with E-state index in [-0.39, 0.29) is 0 Å². The lowest BCUT2D eigenvalue weighted by atomic mass is 10.0. The monoisotopic (exact) mass is 312 g/mol. The predicted octanol–water partition coefficient (Wildman–Crippen LogP) is 3.20. The first-order valence-corrected chi connectivity index (χ1v) is 7.38. The molecule has 0 aromatic heterocycles. The number of carbonyl (C=O) groups excluding carboxylic acids is 1. The topological polar surface area (TPSA) is 78.4 Å². The molecule has 3 N–H and O–H groups in total. The third-order valence-corrected chi connectivity index (χ3v) is 3.79. The van der Waals surface area contributed by atoms with Gasteiger partial charge in [0.1, 0.15) is 0 Å². The van der Waals surface area contributed by atoms with Gasteiger partial charge in [0.15, 0.2) is 6.04 Å². The molecule has 0 spiro atoms. The van der Waals surface area contributed by atoms with Crippen molar-refractivity contribution in [2.45, 2.75) is 32.7 Å². The number of benzene rings is 1. The molecule has 116 valence electrons. The van der Waals surface area contributed by atoms with Crippen LogP contribution in [0.4, 0.5) is 4.79 Å². The Kier molecular flexibility index (Phi) is 7.02. The molecule has 21 heavy (non-hydrogen) atoms. The van der Waals surface area contributed by atoms with Crippen molar-refractivity contribution in [2.24, 2.45) is 5.92 Å². The highest BCUT2D eigenvalue weighted by molar-refractivity contribution is 6.31. The highest BCUT2D eigenvalue weighted by Crippen LogP contribution is 2.22. The zero-order valence-electron chi connectivity index (χ0n) is 12.2. The number of rotatable bonds is 7. The number of urea groups is 1. The fourth-order valence-corrected chi connectivity index (χ4v) is 2.22. The van der Waals surface area contributed by atoms with Crippen molar-refractivity contribution in [3.8, 4) is 0 Å². The maximum Gasteiger partial charge on any atom is 0.331 e. The normalized spacial score (nSPS) is 12.0. The summed E-state index contributed by atoms with van der Waals surface area (Å²) in [4.78, 5) is 23.2. The van der Waals surface area contributed by atoms with Gasteiger partial charge < -0.3 is 15.7 Å². The summed E-state index contributed by atoms with van der Waals surface area (Å²) in [6, 6.07) is 4.90. The Morgan fingerprint density at radius 3 is 2.38 bits per heavy atom. The van der Waals surface area contributed by atoms with Gasteiger partial charge in [-0.15, -0.1) is 0 Å². The Labute approximate surface area is 129 Å². The van der Waals surface area contributed by atoms with Crippen molar-refractivity contribution in [1.82, 2.24) is 10.6 Å². The van der Waals surface area contributed by atoms with Crippen LogP contribution < -0.4 is 10.6 Å². The number of carbonyl (C=O) groups is 2. The molecule has 1 rings (SSSR count). The van der Waals surface area contributed by atoms with Crippen LogP contribution in [0.25, 0.3) is 0 Å². The minimum Gasteiger partial charge on any atom is -0.479 e. The van der Waals surface area contributed by atoms with Crippen molar-refractivity contribution in [2.75, 3.05) is 6.54 Å². The van der Waals surface area contributed by atoms with E-state index in [1.165, 1.54) is 0 Å². The Morgan fingerprint density at radius 1 is 1.24 bits per heavy atom. The summed E-state index contributed by atoms with van der Waals surface area (Å²) < 4.78 is 0. The zero-order chi connectivity index (χ0) is 15.8. The van der Waals surface area contributed by atoms with Crippen molar-refractivity contribution in [3.05, 3.63) is 34.9 Å². The second kappa shape index (κ2) is 8.52. The number of amides is 2. The molecule has 1 aromatic rings. The van der Waals surface area contributed by atoms with Gasteiger partial charge in [0.2, 0.25) is 0 Å². The highest BCUT2D eigenvalue weighted by Gasteiger charge is 2.24. The van der Waals surface area contributed by atoms with Crippen LogP contribution >= 0.6 is 11.6 Å². The summed E-state index contributed by atoms with van der Waals surface area (Å²) in [5, 5.41) is 14.7. The first-order chi connectivity index (χ1) is 9.99. The Hall–Kier alpha value is -1.75. The van der Waals surface area contributed by atoms with Crippen LogP contribution in [0.15, 0.2) is 24.3 Å². The van der Waals surface area contributed by atoms with Crippen LogP contribution in [0.2, 0.25) is 5.02 Å². The van der Waals surface area contributed by atoms with Gasteiger partial charge in [0, 0.05) is 17.1 Å². The molecular weight excluding hydrogens is 292 g/mol. The van der Waals surface area contributed by atoms with E-state index in [1.54, 1.807) is 24.3 Å². The smallest absolute Gasteiger partial charge is 0.331 e. The lowest BCUT2D eigenvalue weighted by Crippen LogP contribution is -2.42. The average Bonchev–Trinajstić information content (AvgIpc) is 2.46. The first kappa shape index (κ1) is 17.3. The molecule has 5 nitrogen and oxygen atoms in total. The number of halogens is 1. The van der Waals surface area contributed by atoms with Crippen LogP contribution in [0.1, 0.15) is 38.3 Å². The average molecular weight is 313 g/mol. The maximum atomic E-state index is 11.9. The van der Waals surface area contributed by atoms with Gasteiger partial charge in [0.05, 0.1) is 0 Å². The van der Waals surface area contributed by atoms with E-state index in [1.807, 2.05) is 0 Å². The molecule has 1 atom stereocenters. The number of carboxylic acid groups (broad SMARTS) is 1. The van der Waals surface area contributed by atoms with Gasteiger partial charge >= 0.3 is 12.0 Å². The molecule has 0 bridgehead atoms. The predicted molar refractivity (Wildman–Crippen MR) is 82.4 cm³/mol. The fourth-order valence-electron chi connectivity index (χ4n) is 1.98. The Balaban J connectivity index is 2.70. The molecule has 0 aliphatic carbocycles. The summed E-state index contributed by atoms with van der Waals surface area (Å²) in [7, 11) is 0. The number of aliphatic carboxylic acids is 1. The van der Waals surface area contributed by atoms with E-state index in [9.17, 15) is 14.7 Å². The third kappa shape index (κ3) is 5.27. The minimum atomic E-state index is -1.17. The Bertz CT molecular complexity index is 490. The molecule has 0 saturated heterocycles. The van der Waals surface area contributed by atoms with Gasteiger partial charge in [-0.1, -0.05) is 56.5 Å². The van der Waals surface area contributed by atoms with E-state index < -0.39 is 18.0 Å². The minimum absolute atomic E-state index is 0.310. The molecule has 0 aliphatic rings. The maximum absolute atomic E-state index is 11.9. The molecule has 2 amide bonds. The molecule has 0 fully saturated rings. The lowest BCUT2D eigenvalue weighted by Gasteiger charge is -2.18. The van der Waals surface area contributed by atoms with Gasteiger partial charge in [-0.3, -0.25) is 0 Å². The number of hydrogen-bond acceptors (Lipinski definition) is 2. The summed E-state index contributed by atoms with van der Waals surface area (Å²) in [5.74, 6) is -0.764. The number of hydrogen-bond donors (Lipinski definition) is 3. The zero-order valence-corrected chi connectivity index (χ0v) is 13.0. The van der Waals surface area contributed by atoms with E-state index in [4.69, 9.17) is 11.6 Å². The summed E-state index contributed by atoms with van der Waals surface area (Å²) in [6.45, 7) is 4.63. The standard InChI is InChI=1S/C15H21ClN2O3/c1-3-10(4-2)9-17-15(21)18-13(14(19)20)11-7-5-6-8-12(11)16/h5-8,10,13H,3-4,9H2,1-2H3,(H,19,20)(H2,17,18,21)/t13-/m1/s1. The van der Waals surface area contributed by atoms with E-state index in [0.29, 0.717) is 23.0 Å². The largest absolute Gasteiger partial charge is 0.479 e. The molecule has 0 unspecified atom stereocenters. The van der Waals surface area contributed by atoms with Crippen molar-refractivity contribution >= 4 is 23.6 Å². The van der Waals surface area contributed by atoms with Gasteiger partial charge in [-0.2, -0.15) is 0 Å². The third-order valence-electron chi connectivity index (χ3n) is 3.44. The molecule has 0 aliphatic heterocycles. The highest BCUT2D eigenvalue weighted by atomic mass is 35.5. The molecule has 6 heteroatoms. The van der Waals surface area contributed by atoms with Crippen LogP contribution in [0.5, 0.6) is 0 Å².